The molecule has 0 rings (SSSR count). The first-order valence-corrected chi connectivity index (χ1v) is 13.2. The molecule has 4 nitrogen and oxygen atoms in total. The van der Waals surface area contributed by atoms with Crippen LogP contribution in [0, 0.1) is 0 Å². The maximum absolute atomic E-state index is 11.5. The summed E-state index contributed by atoms with van der Waals surface area (Å²) in [4.78, 5) is 11.5. The van der Waals surface area contributed by atoms with E-state index in [0.29, 0.717) is 19.6 Å². The fraction of sp³-hybridized carbons (Fsp3) is 0.962. The van der Waals surface area contributed by atoms with Crippen LogP contribution in [0.3, 0.4) is 0 Å². The lowest BCUT2D eigenvalue weighted by atomic mass is 10.0. The number of rotatable bonds is 25. The molecule has 0 aliphatic heterocycles. The first kappa shape index (κ1) is 29.4. The standard InChI is InChI=1S/C26H52O4/c1-2-3-4-5-6-7-8-9-10-11-12-13-14-15-16-17-18-19-20-21-26(28)30-25-24-29-23-22-27/h27H,2-25H2,1H3. The summed E-state index contributed by atoms with van der Waals surface area (Å²) in [5.41, 5.74) is 0. The number of esters is 1. The molecule has 30 heavy (non-hydrogen) atoms. The number of unbranched alkanes of at least 4 members (excludes halogenated alkanes) is 18. The smallest absolute Gasteiger partial charge is 0.305 e. The molecule has 0 aromatic carbocycles. The van der Waals surface area contributed by atoms with E-state index in [4.69, 9.17) is 14.6 Å². The number of carbonyl (C=O) groups excluding carboxylic acids is 1. The van der Waals surface area contributed by atoms with Crippen molar-refractivity contribution in [1.82, 2.24) is 0 Å². The lowest BCUT2D eigenvalue weighted by molar-refractivity contribution is -0.145. The van der Waals surface area contributed by atoms with Crippen LogP contribution in [0.25, 0.3) is 0 Å². The molecule has 0 bridgehead atoms. The maximum Gasteiger partial charge on any atom is 0.305 e. The highest BCUT2D eigenvalue weighted by Crippen LogP contribution is 2.14. The molecule has 0 saturated carbocycles. The Hall–Kier alpha value is -0.610. The van der Waals surface area contributed by atoms with Crippen molar-refractivity contribution in [1.29, 1.82) is 0 Å². The molecule has 4 heteroatoms. The Morgan fingerprint density at radius 2 is 0.967 bits per heavy atom. The van der Waals surface area contributed by atoms with Crippen LogP contribution >= 0.6 is 0 Å². The molecule has 0 radical (unpaired) electrons. The number of aliphatic hydroxyl groups is 1. The van der Waals surface area contributed by atoms with Gasteiger partial charge in [0, 0.05) is 6.42 Å². The molecule has 0 aliphatic carbocycles. The van der Waals surface area contributed by atoms with Gasteiger partial charge in [-0.3, -0.25) is 4.79 Å². The van der Waals surface area contributed by atoms with Crippen molar-refractivity contribution < 1.29 is 19.4 Å². The SMILES string of the molecule is CCCCCCCCCCCCCCCCCCCCCC(=O)OCCOCCO. The summed E-state index contributed by atoms with van der Waals surface area (Å²) in [5, 5.41) is 8.57. The van der Waals surface area contributed by atoms with Gasteiger partial charge in [-0.05, 0) is 6.42 Å². The van der Waals surface area contributed by atoms with Gasteiger partial charge in [0.2, 0.25) is 0 Å². The fourth-order valence-electron chi connectivity index (χ4n) is 3.80. The van der Waals surface area contributed by atoms with Crippen LogP contribution in [0.5, 0.6) is 0 Å². The summed E-state index contributed by atoms with van der Waals surface area (Å²) in [6.07, 6.45) is 26.3. The number of ether oxygens (including phenoxy) is 2. The van der Waals surface area contributed by atoms with Crippen LogP contribution in [0.2, 0.25) is 0 Å². The molecule has 0 fully saturated rings. The Bertz CT molecular complexity index is 333. The van der Waals surface area contributed by atoms with Crippen LogP contribution in [-0.2, 0) is 14.3 Å². The average Bonchev–Trinajstić information content (AvgIpc) is 2.75. The summed E-state index contributed by atoms with van der Waals surface area (Å²) in [6.45, 7) is 3.25. The summed E-state index contributed by atoms with van der Waals surface area (Å²) < 4.78 is 10.1. The molecule has 0 unspecified atom stereocenters. The van der Waals surface area contributed by atoms with Crippen molar-refractivity contribution in [3.8, 4) is 0 Å². The third-order valence-electron chi connectivity index (χ3n) is 5.71. The van der Waals surface area contributed by atoms with Crippen LogP contribution in [0.4, 0.5) is 0 Å². The van der Waals surface area contributed by atoms with Crippen LogP contribution in [0.15, 0.2) is 0 Å². The lowest BCUT2D eigenvalue weighted by Gasteiger charge is -2.05. The monoisotopic (exact) mass is 428 g/mol. The number of hydrogen-bond acceptors (Lipinski definition) is 4. The highest BCUT2D eigenvalue weighted by atomic mass is 16.6. The van der Waals surface area contributed by atoms with Gasteiger partial charge in [0.05, 0.1) is 19.8 Å². The van der Waals surface area contributed by atoms with Crippen molar-refractivity contribution in [3.05, 3.63) is 0 Å². The minimum Gasteiger partial charge on any atom is -0.463 e. The second-order valence-electron chi connectivity index (χ2n) is 8.67. The van der Waals surface area contributed by atoms with Crippen molar-refractivity contribution in [2.75, 3.05) is 26.4 Å². The van der Waals surface area contributed by atoms with Crippen LogP contribution in [0.1, 0.15) is 135 Å². The van der Waals surface area contributed by atoms with E-state index in [1.54, 1.807) is 0 Å². The van der Waals surface area contributed by atoms with Crippen molar-refractivity contribution >= 4 is 5.97 Å². The van der Waals surface area contributed by atoms with Crippen molar-refractivity contribution in [2.24, 2.45) is 0 Å². The van der Waals surface area contributed by atoms with Crippen LogP contribution in [-0.4, -0.2) is 37.5 Å². The van der Waals surface area contributed by atoms with Gasteiger partial charge in [-0.25, -0.2) is 0 Å². The predicted molar refractivity (Wildman–Crippen MR) is 127 cm³/mol. The van der Waals surface area contributed by atoms with Gasteiger partial charge in [0.25, 0.3) is 0 Å². The predicted octanol–water partition coefficient (Wildman–Crippen LogP) is 7.36. The van der Waals surface area contributed by atoms with Gasteiger partial charge < -0.3 is 14.6 Å². The molecule has 1 N–H and O–H groups in total. The van der Waals surface area contributed by atoms with Gasteiger partial charge in [-0.2, -0.15) is 0 Å². The van der Waals surface area contributed by atoms with Crippen molar-refractivity contribution in [3.63, 3.8) is 0 Å². The quantitative estimate of drug-likeness (QED) is 0.122. The highest BCUT2D eigenvalue weighted by Gasteiger charge is 2.02. The Balaban J connectivity index is 3.08. The molecule has 0 heterocycles. The van der Waals surface area contributed by atoms with E-state index < -0.39 is 0 Å². The van der Waals surface area contributed by atoms with Gasteiger partial charge in [0.15, 0.2) is 0 Å². The molecule has 0 saturated heterocycles. The summed E-state index contributed by atoms with van der Waals surface area (Å²) >= 11 is 0. The molecule has 0 atom stereocenters. The molecule has 0 aromatic rings. The lowest BCUT2D eigenvalue weighted by Crippen LogP contribution is -2.11. The average molecular weight is 429 g/mol. The second-order valence-corrected chi connectivity index (χ2v) is 8.67. The topological polar surface area (TPSA) is 55.8 Å². The van der Waals surface area contributed by atoms with E-state index in [0.717, 1.165) is 12.8 Å². The van der Waals surface area contributed by atoms with Gasteiger partial charge in [-0.15, -0.1) is 0 Å². The Kier molecular flexibility index (Phi) is 25.9. The van der Waals surface area contributed by atoms with E-state index in [-0.39, 0.29) is 19.2 Å². The zero-order valence-electron chi connectivity index (χ0n) is 20.1. The second kappa shape index (κ2) is 26.4. The van der Waals surface area contributed by atoms with E-state index in [2.05, 4.69) is 6.92 Å². The minimum atomic E-state index is -0.130. The number of aliphatic hydroxyl groups excluding tert-OH is 1. The molecule has 0 spiro atoms. The van der Waals surface area contributed by atoms with E-state index in [1.807, 2.05) is 0 Å². The number of hydrogen-bond donors (Lipinski definition) is 1. The summed E-state index contributed by atoms with van der Waals surface area (Å²) in [6, 6.07) is 0. The van der Waals surface area contributed by atoms with Crippen molar-refractivity contribution in [2.45, 2.75) is 135 Å². The zero-order valence-corrected chi connectivity index (χ0v) is 20.1. The Morgan fingerprint density at radius 1 is 0.567 bits per heavy atom. The third kappa shape index (κ3) is 25.4. The molecule has 180 valence electrons. The first-order chi connectivity index (χ1) is 14.8. The van der Waals surface area contributed by atoms with E-state index in [9.17, 15) is 4.79 Å². The maximum atomic E-state index is 11.5. The molecule has 0 aromatic heterocycles. The summed E-state index contributed by atoms with van der Waals surface area (Å²) in [5.74, 6) is -0.130. The number of carbonyl (C=O) groups is 1. The zero-order chi connectivity index (χ0) is 22.0. The van der Waals surface area contributed by atoms with Crippen LogP contribution < -0.4 is 0 Å². The molecular formula is C26H52O4. The highest BCUT2D eigenvalue weighted by molar-refractivity contribution is 5.69. The van der Waals surface area contributed by atoms with E-state index >= 15 is 0 Å². The molecule has 0 aliphatic rings. The van der Waals surface area contributed by atoms with Gasteiger partial charge >= 0.3 is 5.97 Å². The first-order valence-electron chi connectivity index (χ1n) is 13.2. The van der Waals surface area contributed by atoms with E-state index in [1.165, 1.54) is 109 Å². The Morgan fingerprint density at radius 3 is 1.37 bits per heavy atom. The third-order valence-corrected chi connectivity index (χ3v) is 5.71. The normalized spacial score (nSPS) is 11.1. The van der Waals surface area contributed by atoms with Gasteiger partial charge in [-0.1, -0.05) is 122 Å². The fourth-order valence-corrected chi connectivity index (χ4v) is 3.80. The Labute approximate surface area is 187 Å². The summed E-state index contributed by atoms with van der Waals surface area (Å²) in [7, 11) is 0. The minimum absolute atomic E-state index is 0.00725. The largest absolute Gasteiger partial charge is 0.463 e. The van der Waals surface area contributed by atoms with Gasteiger partial charge in [0.1, 0.15) is 6.61 Å². The molecule has 0 amide bonds. The molecular weight excluding hydrogens is 376 g/mol.